The molecule has 0 rings (SSSR count). The average molecular weight is 184 g/mol. The molecule has 1 radical (unpaired) electrons. The fourth-order valence-corrected chi connectivity index (χ4v) is 1.29. The van der Waals surface area contributed by atoms with Crippen molar-refractivity contribution in [2.75, 3.05) is 6.54 Å². The van der Waals surface area contributed by atoms with E-state index in [2.05, 4.69) is 19.2 Å². The first-order chi connectivity index (χ1) is 6.24. The summed E-state index contributed by atoms with van der Waals surface area (Å²) in [6.45, 7) is 6.98. The van der Waals surface area contributed by atoms with Crippen LogP contribution in [0.4, 0.5) is 0 Å². The molecule has 0 saturated carbocycles. The molecule has 0 aromatic heterocycles. The molecule has 1 amide bonds. The van der Waals surface area contributed by atoms with Gasteiger partial charge in [-0.3, -0.25) is 4.79 Å². The second kappa shape index (κ2) is 8.09. The molecule has 0 heterocycles. The van der Waals surface area contributed by atoms with E-state index in [1.54, 1.807) is 13.3 Å². The largest absolute Gasteiger partial charge is 0.356 e. The summed E-state index contributed by atoms with van der Waals surface area (Å²) in [4.78, 5) is 10.9. The number of hydrogen-bond donors (Lipinski definition) is 1. The van der Waals surface area contributed by atoms with Crippen LogP contribution in [0.1, 0.15) is 46.5 Å². The van der Waals surface area contributed by atoms with Crippen molar-refractivity contribution in [3.8, 4) is 0 Å². The number of hydrogen-bond acceptors (Lipinski definition) is 1. The van der Waals surface area contributed by atoms with Crippen LogP contribution in [0.25, 0.3) is 0 Å². The smallest absolute Gasteiger partial charge is 0.223 e. The lowest BCUT2D eigenvalue weighted by Crippen LogP contribution is -2.28. The van der Waals surface area contributed by atoms with Crippen LogP contribution < -0.4 is 5.32 Å². The second-order valence-electron chi connectivity index (χ2n) is 3.45. The minimum atomic E-state index is 0.0509. The summed E-state index contributed by atoms with van der Waals surface area (Å²) in [6, 6.07) is 0. The molecule has 1 N–H and O–H groups in total. The van der Waals surface area contributed by atoms with Crippen LogP contribution in [-0.4, -0.2) is 12.5 Å². The van der Waals surface area contributed by atoms with Crippen LogP contribution in [0.5, 0.6) is 0 Å². The van der Waals surface area contributed by atoms with Gasteiger partial charge >= 0.3 is 0 Å². The highest BCUT2D eigenvalue weighted by Gasteiger charge is 2.06. The van der Waals surface area contributed by atoms with Gasteiger partial charge in [0.1, 0.15) is 0 Å². The standard InChI is InChI=1S/C11H22NO/c1-4-7-8-10(5-2)9-12-11(13)6-3/h6,10H,4-5,7-9H2,1-3H3,(H,12,13). The maximum absolute atomic E-state index is 10.9. The molecule has 0 bridgehead atoms. The van der Waals surface area contributed by atoms with Crippen LogP contribution >= 0.6 is 0 Å². The van der Waals surface area contributed by atoms with Crippen LogP contribution in [0.3, 0.4) is 0 Å². The molecule has 77 valence electrons. The quantitative estimate of drug-likeness (QED) is 0.647. The monoisotopic (exact) mass is 184 g/mol. The first kappa shape index (κ1) is 12.5. The number of nitrogens with one attached hydrogen (secondary N) is 1. The molecule has 0 saturated heterocycles. The maximum Gasteiger partial charge on any atom is 0.223 e. The predicted molar refractivity (Wildman–Crippen MR) is 56.3 cm³/mol. The first-order valence-corrected chi connectivity index (χ1v) is 5.31. The van der Waals surface area contributed by atoms with E-state index < -0.39 is 0 Å². The SMILES string of the molecule is C[CH]C(=O)NCC(CC)CCCC. The third-order valence-corrected chi connectivity index (χ3v) is 2.37. The fourth-order valence-electron chi connectivity index (χ4n) is 1.29. The lowest BCUT2D eigenvalue weighted by Gasteiger charge is -2.14. The van der Waals surface area contributed by atoms with E-state index in [9.17, 15) is 4.79 Å². The second-order valence-corrected chi connectivity index (χ2v) is 3.45. The van der Waals surface area contributed by atoms with Crippen molar-refractivity contribution in [2.24, 2.45) is 5.92 Å². The van der Waals surface area contributed by atoms with E-state index in [-0.39, 0.29) is 5.91 Å². The third kappa shape index (κ3) is 6.62. The number of rotatable bonds is 7. The molecule has 0 aliphatic rings. The summed E-state index contributed by atoms with van der Waals surface area (Å²) in [5.74, 6) is 0.707. The van der Waals surface area contributed by atoms with Crippen LogP contribution in [-0.2, 0) is 4.79 Å². The molecule has 0 aliphatic carbocycles. The van der Waals surface area contributed by atoms with Crippen LogP contribution in [0.15, 0.2) is 0 Å². The number of amides is 1. The topological polar surface area (TPSA) is 29.1 Å². The van der Waals surface area contributed by atoms with Gasteiger partial charge in [-0.1, -0.05) is 40.0 Å². The normalized spacial score (nSPS) is 12.5. The Labute approximate surface area is 82.1 Å². The van der Waals surface area contributed by atoms with Gasteiger partial charge in [0.05, 0.1) is 0 Å². The molecule has 0 aliphatic heterocycles. The van der Waals surface area contributed by atoms with Crippen molar-refractivity contribution < 1.29 is 4.79 Å². The minimum Gasteiger partial charge on any atom is -0.356 e. The Morgan fingerprint density at radius 2 is 2.15 bits per heavy atom. The zero-order chi connectivity index (χ0) is 10.1. The summed E-state index contributed by atoms with van der Waals surface area (Å²) in [5, 5.41) is 2.90. The maximum atomic E-state index is 10.9. The van der Waals surface area contributed by atoms with E-state index in [0.29, 0.717) is 5.92 Å². The minimum absolute atomic E-state index is 0.0509. The highest BCUT2D eigenvalue weighted by molar-refractivity contribution is 5.83. The summed E-state index contributed by atoms with van der Waals surface area (Å²) in [6.07, 6.45) is 6.47. The first-order valence-electron chi connectivity index (χ1n) is 5.31. The fraction of sp³-hybridized carbons (Fsp3) is 0.818. The van der Waals surface area contributed by atoms with Crippen molar-refractivity contribution in [1.29, 1.82) is 0 Å². The average Bonchev–Trinajstić information content (AvgIpc) is 2.17. The molecule has 2 nitrogen and oxygen atoms in total. The summed E-state index contributed by atoms with van der Waals surface area (Å²) < 4.78 is 0. The number of unbranched alkanes of at least 4 members (excludes halogenated alkanes) is 1. The van der Waals surface area contributed by atoms with Crippen LogP contribution in [0.2, 0.25) is 0 Å². The summed E-state index contributed by atoms with van der Waals surface area (Å²) in [7, 11) is 0. The van der Waals surface area contributed by atoms with Crippen molar-refractivity contribution in [2.45, 2.75) is 46.5 Å². The Morgan fingerprint density at radius 3 is 2.62 bits per heavy atom. The Kier molecular flexibility index (Phi) is 7.76. The van der Waals surface area contributed by atoms with Crippen LogP contribution in [0, 0.1) is 12.3 Å². The summed E-state index contributed by atoms with van der Waals surface area (Å²) in [5.41, 5.74) is 0. The van der Waals surface area contributed by atoms with Gasteiger partial charge in [-0.15, -0.1) is 0 Å². The molecule has 13 heavy (non-hydrogen) atoms. The molecule has 0 aromatic carbocycles. The molecule has 0 fully saturated rings. The zero-order valence-corrected chi connectivity index (χ0v) is 9.10. The van der Waals surface area contributed by atoms with Crippen molar-refractivity contribution in [3.05, 3.63) is 6.42 Å². The van der Waals surface area contributed by atoms with Gasteiger partial charge in [-0.05, 0) is 12.3 Å². The molecule has 1 atom stereocenters. The van der Waals surface area contributed by atoms with Crippen molar-refractivity contribution in [3.63, 3.8) is 0 Å². The molecular formula is C11H22NO. The van der Waals surface area contributed by atoms with Crippen molar-refractivity contribution in [1.82, 2.24) is 5.32 Å². The lowest BCUT2D eigenvalue weighted by atomic mass is 9.99. The van der Waals surface area contributed by atoms with Crippen molar-refractivity contribution >= 4 is 5.91 Å². The van der Waals surface area contributed by atoms with Gasteiger partial charge < -0.3 is 5.32 Å². The van der Waals surface area contributed by atoms with Gasteiger partial charge in [0.2, 0.25) is 5.91 Å². The van der Waals surface area contributed by atoms with Gasteiger partial charge in [-0.2, -0.15) is 0 Å². The zero-order valence-electron chi connectivity index (χ0n) is 9.10. The van der Waals surface area contributed by atoms with Gasteiger partial charge in [0, 0.05) is 13.0 Å². The van der Waals surface area contributed by atoms with E-state index >= 15 is 0 Å². The summed E-state index contributed by atoms with van der Waals surface area (Å²) >= 11 is 0. The molecule has 0 spiro atoms. The van der Waals surface area contributed by atoms with E-state index in [0.717, 1.165) is 13.0 Å². The predicted octanol–water partition coefficient (Wildman–Crippen LogP) is 2.54. The number of carbonyl (C=O) groups excluding carboxylic acids is 1. The lowest BCUT2D eigenvalue weighted by molar-refractivity contribution is -0.117. The third-order valence-electron chi connectivity index (χ3n) is 2.37. The Hall–Kier alpha value is -0.530. The Bertz CT molecular complexity index is 134. The molecule has 1 unspecified atom stereocenters. The molecular weight excluding hydrogens is 162 g/mol. The Morgan fingerprint density at radius 1 is 1.46 bits per heavy atom. The van der Waals surface area contributed by atoms with Gasteiger partial charge in [0.15, 0.2) is 0 Å². The van der Waals surface area contributed by atoms with Gasteiger partial charge in [-0.25, -0.2) is 0 Å². The Balaban J connectivity index is 3.52. The van der Waals surface area contributed by atoms with E-state index in [1.807, 2.05) is 0 Å². The highest BCUT2D eigenvalue weighted by Crippen LogP contribution is 2.10. The van der Waals surface area contributed by atoms with E-state index in [1.165, 1.54) is 19.3 Å². The number of carbonyl (C=O) groups is 1. The highest BCUT2D eigenvalue weighted by atomic mass is 16.1. The molecule has 2 heteroatoms. The van der Waals surface area contributed by atoms with Gasteiger partial charge in [0.25, 0.3) is 0 Å². The van der Waals surface area contributed by atoms with E-state index in [4.69, 9.17) is 0 Å². The molecule has 0 aromatic rings.